The van der Waals surface area contributed by atoms with Crippen LogP contribution in [0.5, 0.6) is 5.75 Å². The molecule has 0 saturated heterocycles. The molecular weight excluding hydrogens is 328 g/mol. The molecule has 0 saturated carbocycles. The predicted octanol–water partition coefficient (Wildman–Crippen LogP) is 3.54. The summed E-state index contributed by atoms with van der Waals surface area (Å²) in [6.07, 6.45) is -0.308. The summed E-state index contributed by atoms with van der Waals surface area (Å²) in [5, 5.41) is 0. The van der Waals surface area contributed by atoms with E-state index in [1.54, 1.807) is 30.3 Å². The van der Waals surface area contributed by atoms with Gasteiger partial charge in [0.2, 0.25) is 0 Å². The highest BCUT2D eigenvalue weighted by atomic mass is 17.2. The smallest absolute Gasteiger partial charge is 0.434 e. The fraction of sp³-hybridized carbons (Fsp3) is 0.167. The van der Waals surface area contributed by atoms with Crippen LogP contribution in [0, 0.1) is 0 Å². The van der Waals surface area contributed by atoms with Gasteiger partial charge < -0.3 is 9.47 Å². The number of rotatable bonds is 5. The quantitative estimate of drug-likeness (QED) is 0.355. The molecule has 0 heterocycles. The maximum absolute atomic E-state index is 12.1. The van der Waals surface area contributed by atoms with Crippen LogP contribution in [0.4, 0.5) is 4.79 Å². The molecule has 7 heteroatoms. The molecule has 0 aliphatic rings. The highest BCUT2D eigenvalue weighted by molar-refractivity contribution is 5.94. The van der Waals surface area contributed by atoms with Crippen molar-refractivity contribution in [1.82, 2.24) is 0 Å². The second-order valence-corrected chi connectivity index (χ2v) is 4.80. The molecular formula is C18H16O7. The number of para-hydroxylation sites is 1. The first kappa shape index (κ1) is 18.0. The van der Waals surface area contributed by atoms with E-state index < -0.39 is 18.1 Å². The first-order valence-electron chi connectivity index (χ1n) is 7.53. The molecule has 2 aromatic carbocycles. The molecule has 0 fully saturated rings. The summed E-state index contributed by atoms with van der Waals surface area (Å²) >= 11 is 0. The van der Waals surface area contributed by atoms with Crippen LogP contribution in [0.25, 0.3) is 0 Å². The largest absolute Gasteiger partial charge is 0.513 e. The summed E-state index contributed by atoms with van der Waals surface area (Å²) in [5.74, 6) is -1.87. The van der Waals surface area contributed by atoms with Crippen molar-refractivity contribution < 1.29 is 33.6 Å². The standard InChI is InChI=1S/C18H16O7/c1-2-12-22-18(21)23-15-11-7-6-10-14(15)17(20)25-24-16(19)13-8-4-3-5-9-13/h3-11H,2,12H2,1H3. The zero-order valence-corrected chi connectivity index (χ0v) is 13.5. The van der Waals surface area contributed by atoms with Gasteiger partial charge in [0, 0.05) is 0 Å². The van der Waals surface area contributed by atoms with Crippen molar-refractivity contribution in [1.29, 1.82) is 0 Å². The van der Waals surface area contributed by atoms with Gasteiger partial charge >= 0.3 is 18.1 Å². The third-order valence-corrected chi connectivity index (χ3v) is 2.93. The van der Waals surface area contributed by atoms with Gasteiger partial charge in [0.1, 0.15) is 11.3 Å². The minimum atomic E-state index is -0.983. The van der Waals surface area contributed by atoms with E-state index >= 15 is 0 Å². The molecule has 0 amide bonds. The van der Waals surface area contributed by atoms with E-state index in [1.165, 1.54) is 24.3 Å². The van der Waals surface area contributed by atoms with Gasteiger partial charge in [0.25, 0.3) is 0 Å². The summed E-state index contributed by atoms with van der Waals surface area (Å²) in [7, 11) is 0. The number of hydrogen-bond acceptors (Lipinski definition) is 7. The SMILES string of the molecule is CCCOC(=O)Oc1ccccc1C(=O)OOC(=O)c1ccccc1. The zero-order chi connectivity index (χ0) is 18.1. The molecule has 0 unspecified atom stereocenters. The average Bonchev–Trinajstić information content (AvgIpc) is 2.65. The molecule has 0 N–H and O–H groups in total. The van der Waals surface area contributed by atoms with Crippen LogP contribution in [0.2, 0.25) is 0 Å². The van der Waals surface area contributed by atoms with E-state index in [9.17, 15) is 14.4 Å². The molecule has 2 aromatic rings. The Hall–Kier alpha value is -3.35. The number of carbonyl (C=O) groups is 3. The van der Waals surface area contributed by atoms with Crippen LogP contribution in [0.1, 0.15) is 34.1 Å². The van der Waals surface area contributed by atoms with Crippen molar-refractivity contribution in [2.45, 2.75) is 13.3 Å². The van der Waals surface area contributed by atoms with E-state index in [2.05, 4.69) is 9.78 Å². The van der Waals surface area contributed by atoms with Gasteiger partial charge in [-0.2, -0.15) is 0 Å². The Morgan fingerprint density at radius 3 is 2.20 bits per heavy atom. The third kappa shape index (κ3) is 5.35. The molecule has 0 radical (unpaired) electrons. The Morgan fingerprint density at radius 1 is 0.840 bits per heavy atom. The van der Waals surface area contributed by atoms with Crippen LogP contribution >= 0.6 is 0 Å². The maximum atomic E-state index is 12.1. The molecule has 0 atom stereocenters. The molecule has 0 aliphatic carbocycles. The highest BCUT2D eigenvalue weighted by Gasteiger charge is 2.20. The Balaban J connectivity index is 1.99. The number of hydrogen-bond donors (Lipinski definition) is 0. The van der Waals surface area contributed by atoms with Gasteiger partial charge in [-0.05, 0) is 30.7 Å². The van der Waals surface area contributed by atoms with E-state index in [4.69, 9.17) is 9.47 Å². The molecule has 0 spiro atoms. The van der Waals surface area contributed by atoms with Gasteiger partial charge in [-0.15, -0.1) is 0 Å². The normalized spacial score (nSPS) is 9.80. The molecule has 0 bridgehead atoms. The number of ether oxygens (including phenoxy) is 2. The first-order valence-corrected chi connectivity index (χ1v) is 7.53. The van der Waals surface area contributed by atoms with Crippen molar-refractivity contribution in [2.75, 3.05) is 6.61 Å². The van der Waals surface area contributed by atoms with Gasteiger partial charge in [-0.1, -0.05) is 37.3 Å². The van der Waals surface area contributed by atoms with Crippen molar-refractivity contribution in [2.24, 2.45) is 0 Å². The van der Waals surface area contributed by atoms with E-state index in [0.717, 1.165) is 0 Å². The lowest BCUT2D eigenvalue weighted by Crippen LogP contribution is -2.16. The lowest BCUT2D eigenvalue weighted by atomic mass is 10.2. The zero-order valence-electron chi connectivity index (χ0n) is 13.5. The Kier molecular flexibility index (Phi) is 6.53. The van der Waals surface area contributed by atoms with Gasteiger partial charge in [0.05, 0.1) is 12.2 Å². The van der Waals surface area contributed by atoms with Gasteiger partial charge in [-0.3, -0.25) is 0 Å². The maximum Gasteiger partial charge on any atom is 0.513 e. The predicted molar refractivity (Wildman–Crippen MR) is 86.0 cm³/mol. The van der Waals surface area contributed by atoms with Crippen LogP contribution < -0.4 is 4.74 Å². The van der Waals surface area contributed by atoms with E-state index in [-0.39, 0.29) is 23.5 Å². The van der Waals surface area contributed by atoms with Crippen molar-refractivity contribution in [3.63, 3.8) is 0 Å². The van der Waals surface area contributed by atoms with Gasteiger partial charge in [-0.25, -0.2) is 24.2 Å². The lowest BCUT2D eigenvalue weighted by Gasteiger charge is -2.09. The minimum Gasteiger partial charge on any atom is -0.434 e. The summed E-state index contributed by atoms with van der Waals surface area (Å²) in [4.78, 5) is 44.4. The molecule has 25 heavy (non-hydrogen) atoms. The average molecular weight is 344 g/mol. The van der Waals surface area contributed by atoms with E-state index in [0.29, 0.717) is 6.42 Å². The molecule has 130 valence electrons. The second kappa shape index (κ2) is 9.07. The number of benzene rings is 2. The second-order valence-electron chi connectivity index (χ2n) is 4.80. The Labute approximate surface area is 144 Å². The van der Waals surface area contributed by atoms with Gasteiger partial charge in [0.15, 0.2) is 0 Å². The Bertz CT molecular complexity index is 740. The third-order valence-electron chi connectivity index (χ3n) is 2.93. The monoisotopic (exact) mass is 344 g/mol. The van der Waals surface area contributed by atoms with Crippen LogP contribution in [-0.2, 0) is 14.5 Å². The summed E-state index contributed by atoms with van der Waals surface area (Å²) < 4.78 is 9.74. The van der Waals surface area contributed by atoms with Crippen LogP contribution in [0.3, 0.4) is 0 Å². The summed E-state index contributed by atoms with van der Waals surface area (Å²) in [6.45, 7) is 2.03. The van der Waals surface area contributed by atoms with Crippen molar-refractivity contribution in [3.8, 4) is 5.75 Å². The fourth-order valence-electron chi connectivity index (χ4n) is 1.77. The van der Waals surface area contributed by atoms with Crippen molar-refractivity contribution in [3.05, 3.63) is 65.7 Å². The van der Waals surface area contributed by atoms with E-state index in [1.807, 2.05) is 6.92 Å². The summed E-state index contributed by atoms with van der Waals surface area (Å²) in [5.41, 5.74) is 0.139. The fourth-order valence-corrected chi connectivity index (χ4v) is 1.77. The highest BCUT2D eigenvalue weighted by Crippen LogP contribution is 2.20. The minimum absolute atomic E-state index is 0.0654. The molecule has 0 aromatic heterocycles. The molecule has 0 aliphatic heterocycles. The first-order chi connectivity index (χ1) is 12.1. The lowest BCUT2D eigenvalue weighted by molar-refractivity contribution is -0.187. The van der Waals surface area contributed by atoms with Crippen LogP contribution in [0.15, 0.2) is 54.6 Å². The summed E-state index contributed by atoms with van der Waals surface area (Å²) in [6, 6.07) is 13.9. The van der Waals surface area contributed by atoms with Crippen molar-refractivity contribution >= 4 is 18.1 Å². The Morgan fingerprint density at radius 2 is 1.48 bits per heavy atom. The number of carbonyl (C=O) groups excluding carboxylic acids is 3. The molecule has 7 nitrogen and oxygen atoms in total. The topological polar surface area (TPSA) is 88.1 Å². The molecule has 2 rings (SSSR count). The van der Waals surface area contributed by atoms with Crippen LogP contribution in [-0.4, -0.2) is 24.7 Å².